The standard InChI is InChI=1S/C36H32BrClN6O6S2/c1-5-9-26-30(34(46)50-7-3)31(20-12-14-27(49-4)25(37)18-20)43-33(45)29(52-35(43)39-26)19-22-17-24(44(47)48)13-15-28(22)51-36-41-40-32(42(36)6-2)21-10-8-11-23(38)16-21/h8,10-19,31H,5-7,9H2,1-4H3/b29-19+/t31-/m1/s1. The molecule has 0 aliphatic carbocycles. The van der Waals surface area contributed by atoms with Crippen LogP contribution in [0.15, 0.2) is 96.2 Å². The third-order valence-corrected chi connectivity index (χ3v) is 11.1. The van der Waals surface area contributed by atoms with Crippen molar-refractivity contribution in [1.29, 1.82) is 0 Å². The molecule has 0 saturated heterocycles. The van der Waals surface area contributed by atoms with Crippen LogP contribution in [-0.4, -0.2) is 43.9 Å². The number of halogens is 2. The summed E-state index contributed by atoms with van der Waals surface area (Å²) in [7, 11) is 1.55. The molecule has 2 aromatic heterocycles. The number of rotatable bonds is 12. The van der Waals surface area contributed by atoms with E-state index in [2.05, 4.69) is 26.1 Å². The van der Waals surface area contributed by atoms with Gasteiger partial charge in [0.2, 0.25) is 0 Å². The zero-order chi connectivity index (χ0) is 37.1. The number of benzene rings is 3. The quantitative estimate of drug-likeness (QED) is 0.0718. The van der Waals surface area contributed by atoms with Gasteiger partial charge in [0.05, 0.1) is 45.0 Å². The summed E-state index contributed by atoms with van der Waals surface area (Å²) >= 11 is 12.2. The van der Waals surface area contributed by atoms with Crippen LogP contribution in [0.3, 0.4) is 0 Å². The number of hydrogen-bond donors (Lipinski definition) is 0. The molecule has 5 aromatic rings. The first-order valence-corrected chi connectivity index (χ1v) is 19.1. The van der Waals surface area contributed by atoms with Crippen molar-refractivity contribution >= 4 is 68.4 Å². The van der Waals surface area contributed by atoms with E-state index < -0.39 is 22.5 Å². The molecule has 268 valence electrons. The highest BCUT2D eigenvalue weighted by Crippen LogP contribution is 2.37. The lowest BCUT2D eigenvalue weighted by Gasteiger charge is -2.26. The molecule has 0 bridgehead atoms. The molecule has 1 atom stereocenters. The Hall–Kier alpha value is -4.57. The third kappa shape index (κ3) is 7.35. The predicted molar refractivity (Wildman–Crippen MR) is 204 cm³/mol. The zero-order valence-corrected chi connectivity index (χ0v) is 32.4. The number of fused-ring (bicyclic) bond motifs is 1. The third-order valence-electron chi connectivity index (χ3n) is 8.19. The predicted octanol–water partition coefficient (Wildman–Crippen LogP) is 7.34. The van der Waals surface area contributed by atoms with E-state index >= 15 is 0 Å². The van der Waals surface area contributed by atoms with Crippen molar-refractivity contribution in [3.63, 3.8) is 0 Å². The molecule has 52 heavy (non-hydrogen) atoms. The van der Waals surface area contributed by atoms with Crippen molar-refractivity contribution in [2.45, 2.75) is 56.3 Å². The van der Waals surface area contributed by atoms with Crippen molar-refractivity contribution in [3.05, 3.63) is 122 Å². The van der Waals surface area contributed by atoms with Gasteiger partial charge in [-0.3, -0.25) is 19.5 Å². The van der Waals surface area contributed by atoms with Gasteiger partial charge in [-0.1, -0.05) is 54.5 Å². The van der Waals surface area contributed by atoms with E-state index in [0.717, 1.165) is 16.9 Å². The van der Waals surface area contributed by atoms with Crippen molar-refractivity contribution in [3.8, 4) is 17.1 Å². The number of non-ortho nitro benzene ring substituents is 1. The summed E-state index contributed by atoms with van der Waals surface area (Å²) < 4.78 is 15.3. The summed E-state index contributed by atoms with van der Waals surface area (Å²) in [5.74, 6) is 0.645. The first-order chi connectivity index (χ1) is 25.1. The molecular weight excluding hydrogens is 792 g/mol. The minimum atomic E-state index is -0.854. The number of nitrogens with zero attached hydrogens (tertiary/aromatic N) is 6. The molecular formula is C36H32BrClN6O6S2. The number of hydrogen-bond acceptors (Lipinski definition) is 11. The molecule has 3 aromatic carbocycles. The van der Waals surface area contributed by atoms with Crippen LogP contribution >= 0.6 is 50.6 Å². The summed E-state index contributed by atoms with van der Waals surface area (Å²) in [6, 6.07) is 16.3. The van der Waals surface area contributed by atoms with Crippen LogP contribution in [0.5, 0.6) is 5.75 Å². The maximum Gasteiger partial charge on any atom is 0.338 e. The lowest BCUT2D eigenvalue weighted by molar-refractivity contribution is -0.384. The Morgan fingerprint density at radius 1 is 1.13 bits per heavy atom. The molecule has 1 aliphatic heterocycles. The van der Waals surface area contributed by atoms with Crippen molar-refractivity contribution in [1.82, 2.24) is 19.3 Å². The van der Waals surface area contributed by atoms with Gasteiger partial charge in [-0.2, -0.15) is 0 Å². The van der Waals surface area contributed by atoms with E-state index in [1.807, 2.05) is 36.6 Å². The van der Waals surface area contributed by atoms with Crippen LogP contribution in [0, 0.1) is 10.1 Å². The molecule has 1 aliphatic rings. The number of nitro groups is 1. The smallest absolute Gasteiger partial charge is 0.338 e. The number of aromatic nitrogens is 4. The van der Waals surface area contributed by atoms with Crippen molar-refractivity contribution in [2.75, 3.05) is 13.7 Å². The molecule has 0 spiro atoms. The average Bonchev–Trinajstić information content (AvgIpc) is 3.67. The Balaban J connectivity index is 1.53. The second kappa shape index (κ2) is 16.0. The van der Waals surface area contributed by atoms with Gasteiger partial charge in [0.15, 0.2) is 15.8 Å². The number of methoxy groups -OCH3 is 1. The van der Waals surface area contributed by atoms with Crippen molar-refractivity contribution in [2.24, 2.45) is 4.99 Å². The van der Waals surface area contributed by atoms with Gasteiger partial charge < -0.3 is 14.0 Å². The van der Waals surface area contributed by atoms with Gasteiger partial charge in [0.25, 0.3) is 11.2 Å². The van der Waals surface area contributed by atoms with Crippen LogP contribution in [0.4, 0.5) is 5.69 Å². The van der Waals surface area contributed by atoms with Gasteiger partial charge in [-0.15, -0.1) is 10.2 Å². The van der Waals surface area contributed by atoms with E-state index in [0.29, 0.717) is 72.1 Å². The van der Waals surface area contributed by atoms with Crippen LogP contribution in [-0.2, 0) is 16.1 Å². The second-order valence-electron chi connectivity index (χ2n) is 11.4. The normalized spacial score (nSPS) is 14.3. The van der Waals surface area contributed by atoms with Gasteiger partial charge in [-0.05, 0) is 95.5 Å². The fourth-order valence-corrected chi connectivity index (χ4v) is 8.61. The Morgan fingerprint density at radius 3 is 2.62 bits per heavy atom. The number of thiazole rings is 1. The number of esters is 1. The Kier molecular flexibility index (Phi) is 11.4. The lowest BCUT2D eigenvalue weighted by Crippen LogP contribution is -2.40. The first-order valence-electron chi connectivity index (χ1n) is 16.3. The van der Waals surface area contributed by atoms with Crippen LogP contribution in [0.1, 0.15) is 50.8 Å². The minimum absolute atomic E-state index is 0.143. The Morgan fingerprint density at radius 2 is 1.94 bits per heavy atom. The fourth-order valence-electron chi connectivity index (χ4n) is 5.87. The summed E-state index contributed by atoms with van der Waals surface area (Å²) in [5, 5.41) is 21.9. The molecule has 12 nitrogen and oxygen atoms in total. The first kappa shape index (κ1) is 37.2. The van der Waals surface area contributed by atoms with Crippen LogP contribution in [0.25, 0.3) is 17.5 Å². The fraction of sp³-hybridized carbons (Fsp3) is 0.250. The average molecular weight is 824 g/mol. The monoisotopic (exact) mass is 822 g/mol. The molecule has 0 N–H and O–H groups in total. The highest BCUT2D eigenvalue weighted by Gasteiger charge is 2.35. The number of ether oxygens (including phenoxy) is 2. The largest absolute Gasteiger partial charge is 0.496 e. The number of nitro benzene ring substituents is 1. The van der Waals surface area contributed by atoms with Crippen molar-refractivity contribution < 1.29 is 19.2 Å². The van der Waals surface area contributed by atoms with Gasteiger partial charge in [0, 0.05) is 34.2 Å². The summed E-state index contributed by atoms with van der Waals surface area (Å²) in [5.41, 5.74) is 2.12. The van der Waals surface area contributed by atoms with Gasteiger partial charge in [0.1, 0.15) is 5.75 Å². The minimum Gasteiger partial charge on any atom is -0.496 e. The highest BCUT2D eigenvalue weighted by molar-refractivity contribution is 9.10. The summed E-state index contributed by atoms with van der Waals surface area (Å²) in [4.78, 5) is 45.3. The molecule has 0 saturated carbocycles. The van der Waals surface area contributed by atoms with Crippen LogP contribution < -0.4 is 19.6 Å². The molecule has 0 amide bonds. The second-order valence-corrected chi connectivity index (χ2v) is 14.8. The summed E-state index contributed by atoms with van der Waals surface area (Å²) in [6.45, 7) is 6.36. The molecule has 3 heterocycles. The number of carbonyl (C=O) groups is 1. The molecule has 16 heteroatoms. The van der Waals surface area contributed by atoms with Gasteiger partial charge in [-0.25, -0.2) is 9.79 Å². The Labute approximate surface area is 319 Å². The van der Waals surface area contributed by atoms with Gasteiger partial charge >= 0.3 is 5.97 Å². The maximum atomic E-state index is 14.5. The topological polar surface area (TPSA) is 144 Å². The lowest BCUT2D eigenvalue weighted by atomic mass is 9.94. The van der Waals surface area contributed by atoms with Crippen LogP contribution in [0.2, 0.25) is 5.02 Å². The summed E-state index contributed by atoms with van der Waals surface area (Å²) in [6.07, 6.45) is 2.80. The van der Waals surface area contributed by atoms with E-state index in [1.165, 1.54) is 28.5 Å². The van der Waals surface area contributed by atoms with E-state index in [1.54, 1.807) is 50.4 Å². The number of allylic oxidation sites excluding steroid dienone is 1. The Bertz CT molecular complexity index is 2420. The van der Waals surface area contributed by atoms with E-state index in [4.69, 9.17) is 26.1 Å². The SMILES string of the molecule is CCCC1=C(C(=O)OCC)[C@@H](c2ccc(OC)c(Br)c2)n2c(s/c(=C/c3cc([N+](=O)[O-])ccc3Sc3nnc(-c4cccc(Cl)c4)n3CC)c2=O)=N1. The molecule has 0 fully saturated rings. The molecule has 6 rings (SSSR count). The van der Waals surface area contributed by atoms with E-state index in [-0.39, 0.29) is 22.4 Å². The highest BCUT2D eigenvalue weighted by atomic mass is 79.9. The zero-order valence-electron chi connectivity index (χ0n) is 28.5. The molecule has 0 unspecified atom stereocenters. The number of carbonyl (C=O) groups excluding carboxylic acids is 1. The molecule has 0 radical (unpaired) electrons. The maximum absolute atomic E-state index is 14.5. The van der Waals surface area contributed by atoms with E-state index in [9.17, 15) is 19.7 Å².